The van der Waals surface area contributed by atoms with Crippen LogP contribution in [0.5, 0.6) is 0 Å². The van der Waals surface area contributed by atoms with Gasteiger partial charge in [0.05, 0.1) is 11.4 Å². The van der Waals surface area contributed by atoms with Crippen LogP contribution in [0, 0.1) is 0 Å². The van der Waals surface area contributed by atoms with Crippen molar-refractivity contribution in [3.8, 4) is 5.69 Å². The number of para-hydroxylation sites is 1. The summed E-state index contributed by atoms with van der Waals surface area (Å²) in [6.45, 7) is -0.261. The highest BCUT2D eigenvalue weighted by atomic mass is 32.2. The summed E-state index contributed by atoms with van der Waals surface area (Å²) in [6, 6.07) is 7.64. The van der Waals surface area contributed by atoms with Crippen LogP contribution in [-0.4, -0.2) is 43.0 Å². The van der Waals surface area contributed by atoms with Gasteiger partial charge in [0.15, 0.2) is 11.0 Å². The lowest BCUT2D eigenvalue weighted by Gasteiger charge is -2.12. The fourth-order valence-electron chi connectivity index (χ4n) is 1.68. The monoisotopic (exact) mass is 311 g/mol. The van der Waals surface area contributed by atoms with Gasteiger partial charge in [0.1, 0.15) is 6.61 Å². The van der Waals surface area contributed by atoms with Crippen LogP contribution in [0.25, 0.3) is 5.69 Å². The molecule has 0 spiro atoms. The number of carbonyl (C=O) groups is 1. The van der Waals surface area contributed by atoms with Crippen LogP contribution >= 0.6 is 23.5 Å². The number of thioether (sulfide) groups is 2. The Morgan fingerprint density at radius 1 is 1.35 bits per heavy atom. The normalized spacial score (nSPS) is 10.7. The highest BCUT2D eigenvalue weighted by Gasteiger charge is 2.16. The molecule has 6 nitrogen and oxygen atoms in total. The largest absolute Gasteiger partial charge is 0.481 e. The number of hydrogen-bond acceptors (Lipinski definition) is 6. The number of nitrogens with zero attached hydrogens (tertiary/aromatic N) is 3. The van der Waals surface area contributed by atoms with Crippen molar-refractivity contribution in [3.63, 3.8) is 0 Å². The molecule has 0 radical (unpaired) electrons. The maximum Gasteiger partial charge on any atom is 0.313 e. The summed E-state index contributed by atoms with van der Waals surface area (Å²) in [5.74, 6) is -0.641. The van der Waals surface area contributed by atoms with Crippen LogP contribution in [0.2, 0.25) is 0 Å². The van der Waals surface area contributed by atoms with Crippen LogP contribution in [0.1, 0.15) is 5.82 Å². The molecule has 0 amide bonds. The Hall–Kier alpha value is -1.51. The molecule has 0 unspecified atom stereocenters. The number of carboxylic acids is 1. The zero-order chi connectivity index (χ0) is 14.5. The first kappa shape index (κ1) is 14.9. The number of aliphatic hydroxyl groups excluding tert-OH is 1. The van der Waals surface area contributed by atoms with Crippen LogP contribution in [0.3, 0.4) is 0 Å². The van der Waals surface area contributed by atoms with E-state index >= 15 is 0 Å². The number of benzene rings is 1. The molecule has 20 heavy (non-hydrogen) atoms. The Morgan fingerprint density at radius 3 is 2.75 bits per heavy atom. The topological polar surface area (TPSA) is 88.2 Å². The standard InChI is InChI=1S/C12H13N3O3S2/c1-19-9-5-3-2-4-8(9)15-10(6-16)13-14-12(15)20-7-11(17)18/h2-5,16H,6-7H2,1H3,(H,17,18). The van der Waals surface area contributed by atoms with Gasteiger partial charge < -0.3 is 10.2 Å². The highest BCUT2D eigenvalue weighted by molar-refractivity contribution is 7.99. The van der Waals surface area contributed by atoms with E-state index in [2.05, 4.69) is 10.2 Å². The van der Waals surface area contributed by atoms with E-state index in [9.17, 15) is 9.90 Å². The zero-order valence-corrected chi connectivity index (χ0v) is 12.3. The van der Waals surface area contributed by atoms with Crippen molar-refractivity contribution in [2.45, 2.75) is 16.7 Å². The van der Waals surface area contributed by atoms with Crippen LogP contribution in [-0.2, 0) is 11.4 Å². The Morgan fingerprint density at radius 2 is 2.10 bits per heavy atom. The first-order valence-corrected chi connectivity index (χ1v) is 7.91. The number of aliphatic carboxylic acids is 1. The van der Waals surface area contributed by atoms with Crippen LogP contribution in [0.15, 0.2) is 34.3 Å². The van der Waals surface area contributed by atoms with E-state index in [0.717, 1.165) is 22.3 Å². The van der Waals surface area contributed by atoms with Crippen molar-refractivity contribution in [2.24, 2.45) is 0 Å². The second kappa shape index (κ2) is 6.78. The van der Waals surface area contributed by atoms with Crippen molar-refractivity contribution in [2.75, 3.05) is 12.0 Å². The molecule has 8 heteroatoms. The van der Waals surface area contributed by atoms with Gasteiger partial charge in [-0.1, -0.05) is 23.9 Å². The lowest BCUT2D eigenvalue weighted by atomic mass is 10.3. The SMILES string of the molecule is CSc1ccccc1-n1c(CO)nnc1SCC(=O)O. The third-order valence-electron chi connectivity index (χ3n) is 2.49. The quantitative estimate of drug-likeness (QED) is 0.784. The average molecular weight is 311 g/mol. The summed E-state index contributed by atoms with van der Waals surface area (Å²) < 4.78 is 1.69. The average Bonchev–Trinajstić information content (AvgIpc) is 2.87. The molecule has 0 aliphatic rings. The molecule has 2 N–H and O–H groups in total. The third-order valence-corrected chi connectivity index (χ3v) is 4.19. The molecular formula is C12H13N3O3S2. The Balaban J connectivity index is 2.47. The molecular weight excluding hydrogens is 298 g/mol. The van der Waals surface area contributed by atoms with Gasteiger partial charge >= 0.3 is 5.97 Å². The van der Waals surface area contributed by atoms with Gasteiger partial charge in [-0.15, -0.1) is 22.0 Å². The van der Waals surface area contributed by atoms with E-state index in [4.69, 9.17) is 5.11 Å². The minimum absolute atomic E-state index is 0.106. The molecule has 0 bridgehead atoms. The molecule has 0 saturated heterocycles. The number of hydrogen-bond donors (Lipinski definition) is 2. The van der Waals surface area contributed by atoms with E-state index in [0.29, 0.717) is 11.0 Å². The Labute approximate surface area is 124 Å². The molecule has 2 rings (SSSR count). The lowest BCUT2D eigenvalue weighted by molar-refractivity contribution is -0.133. The first-order chi connectivity index (χ1) is 9.67. The summed E-state index contributed by atoms with van der Waals surface area (Å²) >= 11 is 2.64. The van der Waals surface area contributed by atoms with Crippen LogP contribution < -0.4 is 0 Å². The van der Waals surface area contributed by atoms with Crippen molar-refractivity contribution in [3.05, 3.63) is 30.1 Å². The number of rotatable bonds is 6. The molecule has 106 valence electrons. The smallest absolute Gasteiger partial charge is 0.313 e. The molecule has 0 aliphatic heterocycles. The maximum absolute atomic E-state index is 10.7. The lowest BCUT2D eigenvalue weighted by Crippen LogP contribution is -2.06. The molecule has 1 aromatic heterocycles. The Kier molecular flexibility index (Phi) is 5.05. The minimum atomic E-state index is -0.923. The molecule has 0 aliphatic carbocycles. The van der Waals surface area contributed by atoms with Crippen LogP contribution in [0.4, 0.5) is 0 Å². The number of aromatic nitrogens is 3. The van der Waals surface area contributed by atoms with Gasteiger partial charge in [-0.05, 0) is 18.4 Å². The van der Waals surface area contributed by atoms with Crippen molar-refractivity contribution in [1.29, 1.82) is 0 Å². The van der Waals surface area contributed by atoms with E-state index in [-0.39, 0.29) is 12.4 Å². The van der Waals surface area contributed by atoms with E-state index in [1.165, 1.54) is 0 Å². The summed E-state index contributed by atoms with van der Waals surface area (Å²) in [5, 5.41) is 26.5. The molecule has 2 aromatic rings. The fraction of sp³-hybridized carbons (Fsp3) is 0.250. The Bertz CT molecular complexity index is 616. The van der Waals surface area contributed by atoms with Crippen molar-refractivity contribution >= 4 is 29.5 Å². The first-order valence-electron chi connectivity index (χ1n) is 5.70. The summed E-state index contributed by atoms with van der Waals surface area (Å²) in [5.41, 5.74) is 0.835. The highest BCUT2D eigenvalue weighted by Crippen LogP contribution is 2.28. The van der Waals surface area contributed by atoms with Crippen molar-refractivity contribution < 1.29 is 15.0 Å². The maximum atomic E-state index is 10.7. The van der Waals surface area contributed by atoms with Gasteiger partial charge in [0.2, 0.25) is 0 Å². The molecule has 0 atom stereocenters. The summed E-state index contributed by atoms with van der Waals surface area (Å²) in [6.07, 6.45) is 1.95. The summed E-state index contributed by atoms with van der Waals surface area (Å²) in [4.78, 5) is 11.7. The number of carboxylic acid groups (broad SMARTS) is 1. The molecule has 1 aromatic carbocycles. The fourth-order valence-corrected chi connectivity index (χ4v) is 2.95. The molecule has 0 fully saturated rings. The second-order valence-corrected chi connectivity index (χ2v) is 5.54. The molecule has 0 saturated carbocycles. The minimum Gasteiger partial charge on any atom is -0.481 e. The van der Waals surface area contributed by atoms with E-state index < -0.39 is 5.97 Å². The van der Waals surface area contributed by atoms with Gasteiger partial charge in [-0.2, -0.15) is 0 Å². The molecule has 1 heterocycles. The predicted octanol–water partition coefficient (Wildman–Crippen LogP) is 1.66. The van der Waals surface area contributed by atoms with Gasteiger partial charge in [-0.25, -0.2) is 0 Å². The van der Waals surface area contributed by atoms with E-state index in [1.54, 1.807) is 16.3 Å². The third kappa shape index (κ3) is 3.14. The zero-order valence-electron chi connectivity index (χ0n) is 10.7. The van der Waals surface area contributed by atoms with Gasteiger partial charge in [0, 0.05) is 4.90 Å². The number of aliphatic hydroxyl groups is 1. The van der Waals surface area contributed by atoms with Gasteiger partial charge in [0.25, 0.3) is 0 Å². The van der Waals surface area contributed by atoms with E-state index in [1.807, 2.05) is 30.5 Å². The van der Waals surface area contributed by atoms with Gasteiger partial charge in [-0.3, -0.25) is 9.36 Å². The second-order valence-electron chi connectivity index (χ2n) is 3.75. The van der Waals surface area contributed by atoms with Crippen molar-refractivity contribution in [1.82, 2.24) is 14.8 Å². The summed E-state index contributed by atoms with van der Waals surface area (Å²) in [7, 11) is 0. The predicted molar refractivity (Wildman–Crippen MR) is 77.4 cm³/mol.